The molecule has 0 aromatic carbocycles. The third-order valence-electron chi connectivity index (χ3n) is 18.4. The molecule has 0 fully saturated rings. The van der Waals surface area contributed by atoms with Crippen LogP contribution in [0.25, 0.3) is 0 Å². The van der Waals surface area contributed by atoms with E-state index in [-0.39, 0.29) is 25.7 Å². The van der Waals surface area contributed by atoms with Crippen molar-refractivity contribution in [3.8, 4) is 0 Å². The van der Waals surface area contributed by atoms with E-state index in [1.807, 2.05) is 0 Å². The van der Waals surface area contributed by atoms with Gasteiger partial charge in [0.15, 0.2) is 12.2 Å². The average Bonchev–Trinajstić information content (AvgIpc) is 1.22. The second-order valence-corrected chi connectivity index (χ2v) is 30.9. The molecule has 0 aromatic heterocycles. The van der Waals surface area contributed by atoms with Crippen molar-refractivity contribution in [3.63, 3.8) is 0 Å². The number of unbranched alkanes of at least 4 members (excludes halogenated alkanes) is 48. The van der Waals surface area contributed by atoms with E-state index in [4.69, 9.17) is 37.0 Å². The van der Waals surface area contributed by atoms with Gasteiger partial charge in [-0.15, -0.1) is 0 Å². The Labute approximate surface area is 588 Å². The van der Waals surface area contributed by atoms with E-state index in [2.05, 4.69) is 34.6 Å². The summed E-state index contributed by atoms with van der Waals surface area (Å²) in [4.78, 5) is 72.9. The minimum absolute atomic E-state index is 0.108. The van der Waals surface area contributed by atoms with Crippen LogP contribution in [0, 0.1) is 5.92 Å². The van der Waals surface area contributed by atoms with Crippen LogP contribution in [0.2, 0.25) is 0 Å². The molecule has 0 aliphatic carbocycles. The van der Waals surface area contributed by atoms with Crippen molar-refractivity contribution in [2.45, 2.75) is 425 Å². The summed E-state index contributed by atoms with van der Waals surface area (Å²) < 4.78 is 68.6. The van der Waals surface area contributed by atoms with Gasteiger partial charge in [-0.25, -0.2) is 9.13 Å². The smallest absolute Gasteiger partial charge is 0.462 e. The Morgan fingerprint density at radius 3 is 0.740 bits per heavy atom. The van der Waals surface area contributed by atoms with Crippen LogP contribution < -0.4 is 0 Å². The molecule has 0 spiro atoms. The van der Waals surface area contributed by atoms with Gasteiger partial charge in [-0.2, -0.15) is 0 Å². The van der Waals surface area contributed by atoms with Gasteiger partial charge in [0.05, 0.1) is 26.4 Å². The number of hydrogen-bond donors (Lipinski definition) is 3. The minimum atomic E-state index is -4.96. The number of aliphatic hydroxyl groups is 1. The van der Waals surface area contributed by atoms with Crippen LogP contribution in [0.5, 0.6) is 0 Å². The topological polar surface area (TPSA) is 237 Å². The summed E-state index contributed by atoms with van der Waals surface area (Å²) in [7, 11) is -9.91. The van der Waals surface area contributed by atoms with Crippen LogP contribution in [0.15, 0.2) is 0 Å². The summed E-state index contributed by atoms with van der Waals surface area (Å²) in [5.41, 5.74) is 0. The van der Waals surface area contributed by atoms with Crippen molar-refractivity contribution in [1.82, 2.24) is 0 Å². The van der Waals surface area contributed by atoms with Crippen LogP contribution in [0.3, 0.4) is 0 Å². The van der Waals surface area contributed by atoms with Crippen LogP contribution in [0.4, 0.5) is 0 Å². The Bertz CT molecular complexity index is 1840. The van der Waals surface area contributed by atoms with E-state index in [0.717, 1.165) is 95.8 Å². The average molecular weight is 1410 g/mol. The maximum absolute atomic E-state index is 13.1. The van der Waals surface area contributed by atoms with Gasteiger partial charge in [-0.05, 0) is 31.6 Å². The van der Waals surface area contributed by atoms with Crippen molar-refractivity contribution in [1.29, 1.82) is 0 Å². The van der Waals surface area contributed by atoms with Gasteiger partial charge in [0.25, 0.3) is 0 Å². The van der Waals surface area contributed by atoms with E-state index in [9.17, 15) is 43.2 Å². The van der Waals surface area contributed by atoms with E-state index in [0.29, 0.717) is 25.7 Å². The van der Waals surface area contributed by atoms with Gasteiger partial charge in [0, 0.05) is 25.7 Å². The van der Waals surface area contributed by atoms with E-state index < -0.39 is 97.5 Å². The molecule has 0 saturated heterocycles. The molecule has 0 aromatic rings. The summed E-state index contributed by atoms with van der Waals surface area (Å²) in [6.07, 6.45) is 59.4. The molecule has 3 N–H and O–H groups in total. The summed E-state index contributed by atoms with van der Waals surface area (Å²) in [5, 5.41) is 10.6. The molecule has 0 saturated carbocycles. The molecule has 0 bridgehead atoms. The summed E-state index contributed by atoms with van der Waals surface area (Å²) in [5.74, 6) is -1.33. The van der Waals surface area contributed by atoms with Crippen molar-refractivity contribution in [2.75, 3.05) is 39.6 Å². The largest absolute Gasteiger partial charge is 0.472 e. The third-order valence-corrected chi connectivity index (χ3v) is 20.3. The second-order valence-electron chi connectivity index (χ2n) is 28.0. The number of phosphoric acid groups is 2. The van der Waals surface area contributed by atoms with Crippen LogP contribution >= 0.6 is 15.6 Å². The maximum atomic E-state index is 13.1. The zero-order valence-corrected chi connectivity index (χ0v) is 64.3. The minimum Gasteiger partial charge on any atom is -0.462 e. The quantitative estimate of drug-likeness (QED) is 0.0222. The Hall–Kier alpha value is -1.94. The lowest BCUT2D eigenvalue weighted by atomic mass is 9.99. The van der Waals surface area contributed by atoms with Gasteiger partial charge in [-0.1, -0.05) is 356 Å². The first-order valence-corrected chi connectivity index (χ1v) is 43.2. The monoisotopic (exact) mass is 1410 g/mol. The maximum Gasteiger partial charge on any atom is 0.472 e. The van der Waals surface area contributed by atoms with Gasteiger partial charge in [0.1, 0.15) is 19.3 Å². The molecule has 96 heavy (non-hydrogen) atoms. The van der Waals surface area contributed by atoms with Gasteiger partial charge < -0.3 is 33.8 Å². The summed E-state index contributed by atoms with van der Waals surface area (Å²) in [6.45, 7) is 7.32. The Morgan fingerprint density at radius 1 is 0.292 bits per heavy atom. The van der Waals surface area contributed by atoms with Crippen LogP contribution in [-0.4, -0.2) is 96.7 Å². The lowest BCUT2D eigenvalue weighted by molar-refractivity contribution is -0.161. The molecular weight excluding hydrogens is 1260 g/mol. The standard InChI is InChI=1S/C77H150O17P2/c1-6-10-13-16-19-22-25-28-30-32-35-38-41-48-53-58-63-77(82)93-72(66-87-74(79)60-55-50-45-39-36-34-31-29-26-23-20-17-14-11-7-2)68-91-95(83,84)89-64-71(78)65-90-96(85,86)92-69-73(67-88-75(80)61-56-51-46-43-42-44-49-54-59-70(5)9-4)94-76(81)62-57-52-47-40-37-33-27-24-21-18-15-12-8-3/h70-73,78H,6-69H2,1-5H3,(H,83,84)(H,85,86)/t70?,71-,72-,73-/m1/s1. The molecule has 0 aliphatic rings. The zero-order valence-electron chi connectivity index (χ0n) is 62.5. The Kier molecular flexibility index (Phi) is 68.7. The van der Waals surface area contributed by atoms with Crippen LogP contribution in [-0.2, 0) is 65.4 Å². The highest BCUT2D eigenvalue weighted by molar-refractivity contribution is 7.47. The number of carbonyl (C=O) groups is 4. The molecule has 0 radical (unpaired) electrons. The van der Waals surface area contributed by atoms with E-state index >= 15 is 0 Å². The Balaban J connectivity index is 5.26. The molecule has 3 unspecified atom stereocenters. The number of esters is 4. The third kappa shape index (κ3) is 69.2. The Morgan fingerprint density at radius 2 is 0.500 bits per heavy atom. The van der Waals surface area contributed by atoms with Crippen LogP contribution in [0.1, 0.15) is 407 Å². The molecular formula is C77H150O17P2. The molecule has 19 heteroatoms. The van der Waals surface area contributed by atoms with Crippen molar-refractivity contribution in [2.24, 2.45) is 5.92 Å². The summed E-state index contributed by atoms with van der Waals surface area (Å²) >= 11 is 0. The first kappa shape index (κ1) is 94.1. The number of rotatable bonds is 77. The van der Waals surface area contributed by atoms with Gasteiger partial charge >= 0.3 is 39.5 Å². The van der Waals surface area contributed by atoms with Crippen molar-refractivity contribution < 1.29 is 80.2 Å². The number of aliphatic hydroxyl groups excluding tert-OH is 1. The van der Waals surface area contributed by atoms with Crippen molar-refractivity contribution in [3.05, 3.63) is 0 Å². The number of ether oxygens (including phenoxy) is 4. The lowest BCUT2D eigenvalue weighted by Crippen LogP contribution is -2.30. The second kappa shape index (κ2) is 70.1. The molecule has 0 amide bonds. The first-order chi connectivity index (χ1) is 46.6. The molecule has 0 aliphatic heterocycles. The van der Waals surface area contributed by atoms with E-state index in [1.165, 1.54) is 231 Å². The normalized spacial score (nSPS) is 14.2. The molecule has 0 heterocycles. The predicted molar refractivity (Wildman–Crippen MR) is 391 cm³/mol. The predicted octanol–water partition coefficient (Wildman–Crippen LogP) is 22.9. The van der Waals surface area contributed by atoms with E-state index in [1.54, 1.807) is 0 Å². The SMILES string of the molecule is CCCCCCCCCCCCCCCCCCC(=O)O[C@H](COC(=O)CCCCCCCCCCCCCCCCC)COP(=O)(O)OC[C@@H](O)COP(=O)(O)OC[C@@H](COC(=O)CCCCCCCCCCC(C)CC)OC(=O)CCCCCCCCCCCCCCC. The summed E-state index contributed by atoms with van der Waals surface area (Å²) in [6, 6.07) is 0. The highest BCUT2D eigenvalue weighted by Crippen LogP contribution is 2.45. The fourth-order valence-corrected chi connectivity index (χ4v) is 13.4. The number of carbonyl (C=O) groups excluding carboxylic acids is 4. The zero-order chi connectivity index (χ0) is 70.5. The lowest BCUT2D eigenvalue weighted by Gasteiger charge is -2.21. The molecule has 6 atom stereocenters. The molecule has 17 nitrogen and oxygen atoms in total. The highest BCUT2D eigenvalue weighted by Gasteiger charge is 2.30. The highest BCUT2D eigenvalue weighted by atomic mass is 31.2. The first-order valence-electron chi connectivity index (χ1n) is 40.2. The molecule has 0 rings (SSSR count). The van der Waals surface area contributed by atoms with Gasteiger partial charge in [-0.3, -0.25) is 37.3 Å². The number of hydrogen-bond acceptors (Lipinski definition) is 15. The molecule has 570 valence electrons. The fourth-order valence-electron chi connectivity index (χ4n) is 11.8. The fraction of sp³-hybridized carbons (Fsp3) is 0.948. The van der Waals surface area contributed by atoms with Gasteiger partial charge in [0.2, 0.25) is 0 Å². The van der Waals surface area contributed by atoms with Crippen molar-refractivity contribution >= 4 is 39.5 Å². The number of phosphoric ester groups is 2.